The van der Waals surface area contributed by atoms with Crippen molar-refractivity contribution in [2.75, 3.05) is 6.61 Å². The Morgan fingerprint density at radius 1 is 1.38 bits per heavy atom. The molecule has 24 heavy (non-hydrogen) atoms. The normalized spacial score (nSPS) is 14.3. The Hall–Kier alpha value is -2.37. The van der Waals surface area contributed by atoms with Gasteiger partial charge in [-0.15, -0.1) is 10.2 Å². The molecule has 6 nitrogen and oxygen atoms in total. The van der Waals surface area contributed by atoms with Gasteiger partial charge in [-0.3, -0.25) is 4.79 Å². The lowest BCUT2D eigenvalue weighted by molar-refractivity contribution is -0.122. The largest absolute Gasteiger partial charge is 0.493 e. The molecule has 1 N–H and O–H groups in total. The molecule has 1 aliphatic heterocycles. The average Bonchev–Trinajstić information content (AvgIpc) is 3.14. The Kier molecular flexibility index (Phi) is 4.83. The second-order valence-corrected chi connectivity index (χ2v) is 6.32. The van der Waals surface area contributed by atoms with Crippen molar-refractivity contribution in [3.05, 3.63) is 41.0 Å². The summed E-state index contributed by atoms with van der Waals surface area (Å²) in [4.78, 5) is 12.1. The van der Waals surface area contributed by atoms with Crippen LogP contribution in [0.25, 0.3) is 0 Å². The van der Waals surface area contributed by atoms with E-state index >= 15 is 0 Å². The zero-order valence-electron chi connectivity index (χ0n) is 14.5. The molecule has 0 spiro atoms. The molecule has 0 fully saturated rings. The van der Waals surface area contributed by atoms with E-state index in [0.29, 0.717) is 13.0 Å². The summed E-state index contributed by atoms with van der Waals surface area (Å²) in [6.45, 7) is 7.32. The highest BCUT2D eigenvalue weighted by atomic mass is 16.5. The Labute approximate surface area is 142 Å². The first-order valence-corrected chi connectivity index (χ1v) is 8.46. The lowest BCUT2D eigenvalue weighted by Crippen LogP contribution is -2.29. The zero-order valence-corrected chi connectivity index (χ0v) is 14.5. The molecule has 0 bridgehead atoms. The minimum atomic E-state index is -0.141. The van der Waals surface area contributed by atoms with Crippen molar-refractivity contribution < 1.29 is 9.53 Å². The van der Waals surface area contributed by atoms with Gasteiger partial charge in [-0.05, 0) is 44.4 Å². The van der Waals surface area contributed by atoms with E-state index in [1.807, 2.05) is 39.0 Å². The third kappa shape index (κ3) is 3.42. The van der Waals surface area contributed by atoms with Crippen molar-refractivity contribution in [3.63, 3.8) is 0 Å². The predicted molar refractivity (Wildman–Crippen MR) is 90.9 cm³/mol. The van der Waals surface area contributed by atoms with Crippen LogP contribution in [0.3, 0.4) is 0 Å². The van der Waals surface area contributed by atoms with Crippen molar-refractivity contribution in [1.29, 1.82) is 0 Å². The van der Waals surface area contributed by atoms with Crippen LogP contribution in [0, 0.1) is 13.8 Å². The van der Waals surface area contributed by atoms with Crippen LogP contribution in [0.5, 0.6) is 5.75 Å². The number of benzene rings is 1. The van der Waals surface area contributed by atoms with Gasteiger partial charge >= 0.3 is 0 Å². The molecule has 3 rings (SSSR count). The van der Waals surface area contributed by atoms with E-state index < -0.39 is 0 Å². The molecule has 0 aliphatic carbocycles. The fraction of sp³-hybridized carbons (Fsp3) is 0.500. The van der Waals surface area contributed by atoms with Crippen LogP contribution in [0.15, 0.2) is 18.2 Å². The van der Waals surface area contributed by atoms with Crippen LogP contribution >= 0.6 is 0 Å². The summed E-state index contributed by atoms with van der Waals surface area (Å²) in [5.74, 6) is 2.66. The number of rotatable bonds is 6. The van der Waals surface area contributed by atoms with Gasteiger partial charge < -0.3 is 14.6 Å². The standard InChI is InChI=1S/C18H24N4O2/c1-12-6-4-7-15(13(12)2)24-11-9-17(23)19-14(3)18-21-20-16-8-5-10-22(16)18/h4,6-7,14H,5,8-11H2,1-3H3,(H,19,23). The predicted octanol–water partition coefficient (Wildman–Crippen LogP) is 2.49. The van der Waals surface area contributed by atoms with E-state index in [2.05, 4.69) is 20.1 Å². The number of hydrogen-bond donors (Lipinski definition) is 1. The summed E-state index contributed by atoms with van der Waals surface area (Å²) in [6, 6.07) is 5.80. The molecule has 128 valence electrons. The number of amides is 1. The highest BCUT2D eigenvalue weighted by Gasteiger charge is 2.22. The first kappa shape index (κ1) is 16.5. The van der Waals surface area contributed by atoms with Crippen molar-refractivity contribution in [1.82, 2.24) is 20.1 Å². The van der Waals surface area contributed by atoms with Gasteiger partial charge in [-0.2, -0.15) is 0 Å². The summed E-state index contributed by atoms with van der Waals surface area (Å²) in [5.41, 5.74) is 2.30. The van der Waals surface area contributed by atoms with E-state index in [9.17, 15) is 4.79 Å². The maximum atomic E-state index is 12.1. The second kappa shape index (κ2) is 7.03. The number of aromatic nitrogens is 3. The second-order valence-electron chi connectivity index (χ2n) is 6.32. The maximum Gasteiger partial charge on any atom is 0.224 e. The molecule has 0 radical (unpaired) electrons. The van der Waals surface area contributed by atoms with Gasteiger partial charge in [-0.1, -0.05) is 12.1 Å². The van der Waals surface area contributed by atoms with Crippen molar-refractivity contribution >= 4 is 5.91 Å². The number of ether oxygens (including phenoxy) is 1. The maximum absolute atomic E-state index is 12.1. The van der Waals surface area contributed by atoms with Crippen LogP contribution in [0.1, 0.15) is 48.6 Å². The van der Waals surface area contributed by atoms with E-state index in [-0.39, 0.29) is 11.9 Å². The molecule has 1 aromatic carbocycles. The molecule has 6 heteroatoms. The third-order valence-corrected chi connectivity index (χ3v) is 4.54. The minimum absolute atomic E-state index is 0.0387. The molecular formula is C18H24N4O2. The molecule has 0 saturated carbocycles. The molecule has 2 aromatic rings. The number of hydrogen-bond acceptors (Lipinski definition) is 4. The molecule has 1 aromatic heterocycles. The topological polar surface area (TPSA) is 69.0 Å². The van der Waals surface area contributed by atoms with Gasteiger partial charge in [0.05, 0.1) is 19.1 Å². The van der Waals surface area contributed by atoms with Crippen LogP contribution in [0.2, 0.25) is 0 Å². The van der Waals surface area contributed by atoms with Gasteiger partial charge in [0.25, 0.3) is 0 Å². The zero-order chi connectivity index (χ0) is 17.1. The number of carbonyl (C=O) groups excluding carboxylic acids is 1. The minimum Gasteiger partial charge on any atom is -0.493 e. The first-order valence-electron chi connectivity index (χ1n) is 8.46. The van der Waals surface area contributed by atoms with Crippen molar-refractivity contribution in [3.8, 4) is 5.75 Å². The Balaban J connectivity index is 1.49. The fourth-order valence-electron chi connectivity index (χ4n) is 3.01. The lowest BCUT2D eigenvalue weighted by atomic mass is 10.1. The number of nitrogens with one attached hydrogen (secondary N) is 1. The van der Waals surface area contributed by atoms with E-state index in [1.165, 1.54) is 5.56 Å². The first-order chi connectivity index (χ1) is 11.6. The van der Waals surface area contributed by atoms with Gasteiger partial charge in [-0.25, -0.2) is 0 Å². The van der Waals surface area contributed by atoms with Crippen LogP contribution in [-0.2, 0) is 17.8 Å². The number of nitrogens with zero attached hydrogens (tertiary/aromatic N) is 3. The number of fused-ring (bicyclic) bond motifs is 1. The van der Waals surface area contributed by atoms with E-state index in [1.54, 1.807) is 0 Å². The fourth-order valence-corrected chi connectivity index (χ4v) is 3.01. The van der Waals surface area contributed by atoms with E-state index in [0.717, 1.165) is 42.3 Å². The Morgan fingerprint density at radius 3 is 3.04 bits per heavy atom. The molecule has 1 aliphatic rings. The lowest BCUT2D eigenvalue weighted by Gasteiger charge is -2.15. The summed E-state index contributed by atoms with van der Waals surface area (Å²) in [7, 11) is 0. The molecular weight excluding hydrogens is 304 g/mol. The summed E-state index contributed by atoms with van der Waals surface area (Å²) < 4.78 is 7.85. The summed E-state index contributed by atoms with van der Waals surface area (Å²) in [6.07, 6.45) is 2.39. The van der Waals surface area contributed by atoms with Crippen LogP contribution in [-0.4, -0.2) is 27.3 Å². The molecule has 1 atom stereocenters. The van der Waals surface area contributed by atoms with Crippen LogP contribution in [0.4, 0.5) is 0 Å². The smallest absolute Gasteiger partial charge is 0.224 e. The van der Waals surface area contributed by atoms with E-state index in [4.69, 9.17) is 4.74 Å². The van der Waals surface area contributed by atoms with Gasteiger partial charge in [0.2, 0.25) is 5.91 Å². The monoisotopic (exact) mass is 328 g/mol. The third-order valence-electron chi connectivity index (χ3n) is 4.54. The van der Waals surface area contributed by atoms with Crippen molar-refractivity contribution in [2.24, 2.45) is 0 Å². The van der Waals surface area contributed by atoms with Crippen molar-refractivity contribution in [2.45, 2.75) is 52.6 Å². The molecule has 1 unspecified atom stereocenters. The molecule has 1 amide bonds. The summed E-state index contributed by atoms with van der Waals surface area (Å²) in [5, 5.41) is 11.4. The highest BCUT2D eigenvalue weighted by Crippen LogP contribution is 2.21. The number of aryl methyl sites for hydroxylation is 2. The van der Waals surface area contributed by atoms with Gasteiger partial charge in [0.15, 0.2) is 5.82 Å². The van der Waals surface area contributed by atoms with Crippen LogP contribution < -0.4 is 10.1 Å². The molecule has 0 saturated heterocycles. The number of carbonyl (C=O) groups is 1. The Bertz CT molecular complexity index is 739. The molecule has 2 heterocycles. The van der Waals surface area contributed by atoms with Gasteiger partial charge in [0, 0.05) is 13.0 Å². The quantitative estimate of drug-likeness (QED) is 0.884. The Morgan fingerprint density at radius 2 is 2.21 bits per heavy atom. The SMILES string of the molecule is Cc1cccc(OCCC(=O)NC(C)c2nnc3n2CCC3)c1C. The average molecular weight is 328 g/mol. The van der Waals surface area contributed by atoms with Gasteiger partial charge in [0.1, 0.15) is 11.6 Å². The summed E-state index contributed by atoms with van der Waals surface area (Å²) >= 11 is 0. The highest BCUT2D eigenvalue weighted by molar-refractivity contribution is 5.76.